The second-order valence-corrected chi connectivity index (χ2v) is 11.9. The van der Waals surface area contributed by atoms with Crippen LogP contribution in [-0.4, -0.2) is 28.8 Å². The van der Waals surface area contributed by atoms with Gasteiger partial charge in [-0.1, -0.05) is 51.8 Å². The smallest absolute Gasteiger partial charge is 0.186 e. The fraction of sp³-hybridized carbons (Fsp3) is 0.407. The molecule has 2 bridgehead atoms. The molecule has 180 valence electrons. The highest BCUT2D eigenvalue weighted by Gasteiger charge is 2.46. The van der Waals surface area contributed by atoms with Gasteiger partial charge in [-0.3, -0.25) is 0 Å². The summed E-state index contributed by atoms with van der Waals surface area (Å²) in [5.41, 5.74) is 4.83. The molecule has 1 saturated heterocycles. The molecule has 2 saturated carbocycles. The van der Waals surface area contributed by atoms with E-state index in [2.05, 4.69) is 35.2 Å². The Morgan fingerprint density at radius 1 is 1.14 bits per heavy atom. The maximum atomic E-state index is 6.57. The van der Waals surface area contributed by atoms with Gasteiger partial charge in [-0.15, -0.1) is 0 Å². The zero-order valence-electron chi connectivity index (χ0n) is 19.3. The summed E-state index contributed by atoms with van der Waals surface area (Å²) < 4.78 is 13.6. The van der Waals surface area contributed by atoms with Crippen LogP contribution in [0.25, 0.3) is 21.5 Å². The Morgan fingerprint density at radius 2 is 1.97 bits per heavy atom. The first-order valence-corrected chi connectivity index (χ1v) is 13.8. The van der Waals surface area contributed by atoms with Crippen molar-refractivity contribution in [3.05, 3.63) is 63.3 Å². The monoisotopic (exact) mass is 525 g/mol. The molecule has 3 fully saturated rings. The number of aromatic nitrogens is 2. The molecule has 0 spiro atoms. The van der Waals surface area contributed by atoms with Crippen molar-refractivity contribution >= 4 is 49.9 Å². The van der Waals surface area contributed by atoms with Gasteiger partial charge in [-0.25, -0.2) is 4.98 Å². The number of benzene rings is 2. The SMILES string of the molecule is Cc1ccc2nc(N3C[C@H]4C[C@@H]3C[C@@H]4OCc3c(-c4c(Cl)cccc4Cl)noc3C3CC3)sc2c1. The molecular formula is C27H25Cl2N3O2S. The van der Waals surface area contributed by atoms with Crippen LogP contribution in [0.15, 0.2) is 40.9 Å². The number of thiazole rings is 1. The molecule has 3 aliphatic rings. The van der Waals surface area contributed by atoms with Gasteiger partial charge in [0.1, 0.15) is 11.5 Å². The van der Waals surface area contributed by atoms with E-state index in [1.165, 1.54) is 10.3 Å². The van der Waals surface area contributed by atoms with E-state index in [9.17, 15) is 0 Å². The second-order valence-electron chi connectivity index (χ2n) is 10.1. The highest BCUT2D eigenvalue weighted by atomic mass is 35.5. The third kappa shape index (κ3) is 3.86. The van der Waals surface area contributed by atoms with Crippen LogP contribution in [0.5, 0.6) is 0 Å². The molecule has 2 aromatic carbocycles. The number of rotatable bonds is 6. The number of nitrogens with zero attached hydrogens (tertiary/aromatic N) is 3. The van der Waals surface area contributed by atoms with Gasteiger partial charge in [-0.2, -0.15) is 0 Å². The molecule has 0 amide bonds. The Morgan fingerprint density at radius 3 is 2.71 bits per heavy atom. The number of anilines is 1. The van der Waals surface area contributed by atoms with Gasteiger partial charge in [0, 0.05) is 35.5 Å². The molecule has 0 N–H and O–H groups in total. The molecule has 8 heteroatoms. The van der Waals surface area contributed by atoms with Crippen LogP contribution in [0.3, 0.4) is 0 Å². The van der Waals surface area contributed by atoms with Crippen molar-refractivity contribution in [2.24, 2.45) is 5.92 Å². The molecule has 5 nitrogen and oxygen atoms in total. The fourth-order valence-electron chi connectivity index (χ4n) is 5.73. The van der Waals surface area contributed by atoms with E-state index in [0.717, 1.165) is 65.5 Å². The molecule has 2 aromatic heterocycles. The number of aryl methyl sites for hydroxylation is 1. The van der Waals surface area contributed by atoms with Gasteiger partial charge in [0.2, 0.25) is 0 Å². The number of fused-ring (bicyclic) bond motifs is 3. The quantitative estimate of drug-likeness (QED) is 0.259. The Balaban J connectivity index is 1.09. The molecular weight excluding hydrogens is 501 g/mol. The minimum absolute atomic E-state index is 0.226. The van der Waals surface area contributed by atoms with E-state index in [0.29, 0.717) is 34.5 Å². The van der Waals surface area contributed by atoms with Crippen LogP contribution in [-0.2, 0) is 11.3 Å². The van der Waals surface area contributed by atoms with Gasteiger partial charge < -0.3 is 14.2 Å². The number of ether oxygens (including phenoxy) is 1. The molecule has 7 rings (SSSR count). The lowest BCUT2D eigenvalue weighted by atomic mass is 10.0. The molecule has 0 radical (unpaired) electrons. The minimum atomic E-state index is 0.226. The zero-order chi connectivity index (χ0) is 23.7. The van der Waals surface area contributed by atoms with E-state index in [1.807, 2.05) is 18.2 Å². The molecule has 1 aliphatic heterocycles. The van der Waals surface area contributed by atoms with Crippen molar-refractivity contribution in [1.29, 1.82) is 0 Å². The van der Waals surface area contributed by atoms with Gasteiger partial charge in [0.05, 0.1) is 33.0 Å². The summed E-state index contributed by atoms with van der Waals surface area (Å²) in [5.74, 6) is 1.87. The van der Waals surface area contributed by atoms with Crippen molar-refractivity contribution in [2.75, 3.05) is 11.4 Å². The third-order valence-corrected chi connectivity index (χ3v) is 9.35. The molecule has 2 aliphatic carbocycles. The maximum Gasteiger partial charge on any atom is 0.186 e. The molecule has 35 heavy (non-hydrogen) atoms. The van der Waals surface area contributed by atoms with E-state index in [-0.39, 0.29) is 6.10 Å². The highest BCUT2D eigenvalue weighted by Crippen LogP contribution is 2.48. The minimum Gasteiger partial charge on any atom is -0.373 e. The van der Waals surface area contributed by atoms with Crippen LogP contribution in [0.1, 0.15) is 48.5 Å². The van der Waals surface area contributed by atoms with Crippen molar-refractivity contribution < 1.29 is 9.26 Å². The standard InChI is InChI=1S/C27H25Cl2N3O2S/c1-14-5-8-21-23(9-14)35-27(30-21)32-12-16-10-17(32)11-22(16)33-13-18-25(31-34-26(18)15-6-7-15)24-19(28)3-2-4-20(24)29/h2-5,8-9,15-17,22H,6-7,10-13H2,1H3/t16-,17-,22+/m1/s1. The average Bonchev–Trinajstić information content (AvgIpc) is 3.17. The van der Waals surface area contributed by atoms with Gasteiger partial charge >= 0.3 is 0 Å². The lowest BCUT2D eigenvalue weighted by Crippen LogP contribution is -2.38. The summed E-state index contributed by atoms with van der Waals surface area (Å²) in [7, 11) is 0. The molecule has 0 unspecified atom stereocenters. The van der Waals surface area contributed by atoms with Gasteiger partial charge in [0.15, 0.2) is 5.13 Å². The Kier molecular flexibility index (Phi) is 5.35. The summed E-state index contributed by atoms with van der Waals surface area (Å²) >= 11 is 14.8. The summed E-state index contributed by atoms with van der Waals surface area (Å²) in [6.45, 7) is 3.60. The topological polar surface area (TPSA) is 51.4 Å². The fourth-order valence-corrected chi connectivity index (χ4v) is 7.45. The Bertz CT molecular complexity index is 1410. The van der Waals surface area contributed by atoms with Crippen LogP contribution in [0, 0.1) is 12.8 Å². The third-order valence-electron chi connectivity index (χ3n) is 7.66. The number of hydrogen-bond acceptors (Lipinski definition) is 6. The van der Waals surface area contributed by atoms with Crippen LogP contribution in [0.4, 0.5) is 5.13 Å². The predicted molar refractivity (Wildman–Crippen MR) is 141 cm³/mol. The van der Waals surface area contributed by atoms with Crippen molar-refractivity contribution in [1.82, 2.24) is 10.1 Å². The molecule has 4 aromatic rings. The lowest BCUT2D eigenvalue weighted by molar-refractivity contribution is 0.0123. The van der Waals surface area contributed by atoms with E-state index < -0.39 is 0 Å². The maximum absolute atomic E-state index is 6.57. The second kappa shape index (κ2) is 8.48. The number of hydrogen-bond donors (Lipinski definition) is 0. The van der Waals surface area contributed by atoms with Crippen molar-refractivity contribution in [3.63, 3.8) is 0 Å². The average molecular weight is 526 g/mol. The van der Waals surface area contributed by atoms with E-state index >= 15 is 0 Å². The van der Waals surface area contributed by atoms with Crippen molar-refractivity contribution in [2.45, 2.75) is 57.3 Å². The molecule has 3 heterocycles. The van der Waals surface area contributed by atoms with Crippen molar-refractivity contribution in [3.8, 4) is 11.3 Å². The van der Waals surface area contributed by atoms with Gasteiger partial charge in [-0.05, 0) is 62.4 Å². The van der Waals surface area contributed by atoms with E-state index in [4.69, 9.17) is 37.4 Å². The zero-order valence-corrected chi connectivity index (χ0v) is 21.7. The number of halogens is 2. The van der Waals surface area contributed by atoms with Crippen LogP contribution >= 0.6 is 34.5 Å². The van der Waals surface area contributed by atoms with E-state index in [1.54, 1.807) is 11.3 Å². The Labute approximate surface area is 218 Å². The lowest BCUT2D eigenvalue weighted by Gasteiger charge is -2.31. The summed E-state index contributed by atoms with van der Waals surface area (Å²) in [4.78, 5) is 7.42. The predicted octanol–water partition coefficient (Wildman–Crippen LogP) is 7.63. The largest absolute Gasteiger partial charge is 0.373 e. The summed E-state index contributed by atoms with van der Waals surface area (Å²) in [5, 5.41) is 6.70. The highest BCUT2D eigenvalue weighted by molar-refractivity contribution is 7.22. The first-order valence-electron chi connectivity index (χ1n) is 12.2. The normalized spacial score (nSPS) is 23.6. The Hall–Kier alpha value is -2.12. The van der Waals surface area contributed by atoms with Gasteiger partial charge in [0.25, 0.3) is 0 Å². The summed E-state index contributed by atoms with van der Waals surface area (Å²) in [6, 6.07) is 12.5. The molecule has 3 atom stereocenters. The first-order chi connectivity index (χ1) is 17.0. The van der Waals surface area contributed by atoms with Crippen LogP contribution < -0.4 is 4.90 Å². The summed E-state index contributed by atoms with van der Waals surface area (Å²) in [6.07, 6.45) is 4.66. The number of piperidine rings is 1. The first kappa shape index (κ1) is 22.1. The van der Waals surface area contributed by atoms with Crippen LogP contribution in [0.2, 0.25) is 10.0 Å².